The van der Waals surface area contributed by atoms with Crippen LogP contribution < -0.4 is 0 Å². The van der Waals surface area contributed by atoms with Crippen molar-refractivity contribution in [2.24, 2.45) is 0 Å². The molecule has 22 heavy (non-hydrogen) atoms. The molecule has 0 N–H and O–H groups in total. The molecular weight excluding hydrogens is 317 g/mol. The van der Waals surface area contributed by atoms with Crippen LogP contribution in [0.4, 0.5) is 13.2 Å². The third-order valence-corrected chi connectivity index (χ3v) is 4.38. The molecule has 1 aliphatic rings. The number of carbonyl (C=O) groups is 1. The first-order chi connectivity index (χ1) is 10.4. The molecule has 1 aromatic heterocycles. The van der Waals surface area contributed by atoms with Crippen LogP contribution in [0, 0.1) is 0 Å². The number of alkyl halides is 3. The Bertz CT molecular complexity index is 479. The minimum Gasteiger partial charge on any atom is -0.468 e. The Kier molecular flexibility index (Phi) is 5.82. The number of hydrogen-bond donors (Lipinski definition) is 0. The van der Waals surface area contributed by atoms with Gasteiger partial charge in [0.25, 0.3) is 0 Å². The fourth-order valence-electron chi connectivity index (χ4n) is 2.70. The van der Waals surface area contributed by atoms with E-state index in [1.165, 1.54) is 23.3 Å². The standard InChI is InChI=1S/C14H19F3N2O2S/c1-21-13(20)12(11-3-8-22-9-11)19-5-2-4-18(6-7-19)10-14(15,16)17/h3,8-9,12H,2,4-7,10H2,1H3/t12-/m0/s1. The molecule has 0 saturated carbocycles. The largest absolute Gasteiger partial charge is 0.468 e. The molecule has 0 bridgehead atoms. The van der Waals surface area contributed by atoms with E-state index in [1.54, 1.807) is 0 Å². The van der Waals surface area contributed by atoms with Gasteiger partial charge < -0.3 is 4.74 Å². The number of halogens is 3. The van der Waals surface area contributed by atoms with Crippen LogP contribution in [0.3, 0.4) is 0 Å². The second-order valence-corrected chi connectivity index (χ2v) is 6.04. The Morgan fingerprint density at radius 3 is 2.73 bits per heavy atom. The number of carbonyl (C=O) groups excluding carboxylic acids is 1. The van der Waals surface area contributed by atoms with Crippen LogP contribution in [0.2, 0.25) is 0 Å². The normalized spacial score (nSPS) is 19.6. The fraction of sp³-hybridized carbons (Fsp3) is 0.643. The van der Waals surface area contributed by atoms with Gasteiger partial charge in [-0.3, -0.25) is 9.80 Å². The number of thiophene rings is 1. The van der Waals surface area contributed by atoms with Crippen LogP contribution in [0.1, 0.15) is 18.0 Å². The van der Waals surface area contributed by atoms with Gasteiger partial charge in [0.1, 0.15) is 6.04 Å². The second kappa shape index (κ2) is 7.43. The average Bonchev–Trinajstić information content (AvgIpc) is 2.87. The summed E-state index contributed by atoms with van der Waals surface area (Å²) in [4.78, 5) is 15.4. The Labute approximate surface area is 131 Å². The van der Waals surface area contributed by atoms with Gasteiger partial charge in [-0.1, -0.05) is 0 Å². The average molecular weight is 336 g/mol. The van der Waals surface area contributed by atoms with E-state index in [4.69, 9.17) is 4.74 Å². The smallest absolute Gasteiger partial charge is 0.401 e. The first kappa shape index (κ1) is 17.2. The Hall–Kier alpha value is -1.12. The van der Waals surface area contributed by atoms with Crippen LogP contribution >= 0.6 is 11.3 Å². The molecule has 1 fully saturated rings. The van der Waals surface area contributed by atoms with E-state index in [2.05, 4.69) is 0 Å². The number of nitrogens with zero attached hydrogens (tertiary/aromatic N) is 2. The molecule has 1 aromatic rings. The van der Waals surface area contributed by atoms with Gasteiger partial charge in [-0.25, -0.2) is 4.79 Å². The molecule has 0 aromatic carbocycles. The van der Waals surface area contributed by atoms with Gasteiger partial charge in [0.15, 0.2) is 0 Å². The third-order valence-electron chi connectivity index (χ3n) is 3.67. The summed E-state index contributed by atoms with van der Waals surface area (Å²) < 4.78 is 42.4. The summed E-state index contributed by atoms with van der Waals surface area (Å²) in [7, 11) is 1.33. The fourth-order valence-corrected chi connectivity index (χ4v) is 3.38. The predicted octanol–water partition coefficient (Wildman–Crippen LogP) is 2.53. The summed E-state index contributed by atoms with van der Waals surface area (Å²) in [6.45, 7) is 0.753. The molecule has 0 aliphatic carbocycles. The number of methoxy groups -OCH3 is 1. The van der Waals surface area contributed by atoms with Crippen LogP contribution in [-0.2, 0) is 9.53 Å². The van der Waals surface area contributed by atoms with Crippen molar-refractivity contribution in [3.05, 3.63) is 22.4 Å². The van der Waals surface area contributed by atoms with Gasteiger partial charge in [0, 0.05) is 19.6 Å². The van der Waals surface area contributed by atoms with Crippen molar-refractivity contribution in [3.63, 3.8) is 0 Å². The zero-order valence-corrected chi connectivity index (χ0v) is 13.1. The Morgan fingerprint density at radius 1 is 1.36 bits per heavy atom. The summed E-state index contributed by atoms with van der Waals surface area (Å²) in [6.07, 6.45) is -3.60. The quantitative estimate of drug-likeness (QED) is 0.791. The number of hydrogen-bond acceptors (Lipinski definition) is 5. The second-order valence-electron chi connectivity index (χ2n) is 5.26. The molecular formula is C14H19F3N2O2S. The summed E-state index contributed by atoms with van der Waals surface area (Å²) in [5, 5.41) is 3.75. The maximum Gasteiger partial charge on any atom is 0.401 e. The molecule has 8 heteroatoms. The predicted molar refractivity (Wildman–Crippen MR) is 77.8 cm³/mol. The molecule has 0 unspecified atom stereocenters. The molecule has 1 saturated heterocycles. The van der Waals surface area contributed by atoms with Crippen molar-refractivity contribution < 1.29 is 22.7 Å². The lowest BCUT2D eigenvalue weighted by Gasteiger charge is -2.28. The molecule has 2 rings (SSSR count). The van der Waals surface area contributed by atoms with Gasteiger partial charge in [-0.2, -0.15) is 24.5 Å². The van der Waals surface area contributed by atoms with Gasteiger partial charge in [-0.15, -0.1) is 0 Å². The van der Waals surface area contributed by atoms with Gasteiger partial charge in [0.05, 0.1) is 13.7 Å². The highest BCUT2D eigenvalue weighted by Crippen LogP contribution is 2.26. The molecule has 124 valence electrons. The maximum absolute atomic E-state index is 12.5. The van der Waals surface area contributed by atoms with E-state index < -0.39 is 18.8 Å². The van der Waals surface area contributed by atoms with E-state index in [9.17, 15) is 18.0 Å². The minimum absolute atomic E-state index is 0.289. The number of esters is 1. The first-order valence-corrected chi connectivity index (χ1v) is 7.98. The van der Waals surface area contributed by atoms with E-state index >= 15 is 0 Å². The highest BCUT2D eigenvalue weighted by Gasteiger charge is 2.34. The highest BCUT2D eigenvalue weighted by atomic mass is 32.1. The lowest BCUT2D eigenvalue weighted by molar-refractivity contribution is -0.149. The van der Waals surface area contributed by atoms with Crippen LogP contribution in [-0.4, -0.2) is 61.8 Å². The van der Waals surface area contributed by atoms with Gasteiger partial charge >= 0.3 is 12.1 Å². The van der Waals surface area contributed by atoms with E-state index in [0.717, 1.165) is 5.56 Å². The summed E-state index contributed by atoms with van der Waals surface area (Å²) in [5.41, 5.74) is 0.834. The third kappa shape index (κ3) is 4.69. The van der Waals surface area contributed by atoms with Crippen molar-refractivity contribution in [1.82, 2.24) is 9.80 Å². The lowest BCUT2D eigenvalue weighted by atomic mass is 10.1. The van der Waals surface area contributed by atoms with Crippen molar-refractivity contribution in [2.45, 2.75) is 18.6 Å². The number of rotatable bonds is 4. The van der Waals surface area contributed by atoms with Crippen molar-refractivity contribution in [3.8, 4) is 0 Å². The lowest BCUT2D eigenvalue weighted by Crippen LogP contribution is -2.39. The monoisotopic (exact) mass is 336 g/mol. The van der Waals surface area contributed by atoms with E-state index in [-0.39, 0.29) is 12.5 Å². The molecule has 1 aliphatic heterocycles. The highest BCUT2D eigenvalue weighted by molar-refractivity contribution is 7.08. The summed E-state index contributed by atoms with van der Waals surface area (Å²) >= 11 is 1.48. The van der Waals surface area contributed by atoms with Crippen molar-refractivity contribution in [2.75, 3.05) is 39.8 Å². The molecule has 4 nitrogen and oxygen atoms in total. The maximum atomic E-state index is 12.5. The number of ether oxygens (including phenoxy) is 1. The Balaban J connectivity index is 2.05. The first-order valence-electron chi connectivity index (χ1n) is 7.04. The summed E-state index contributed by atoms with van der Waals surface area (Å²) in [5.74, 6) is -0.373. The zero-order chi connectivity index (χ0) is 16.2. The van der Waals surface area contributed by atoms with Crippen LogP contribution in [0.25, 0.3) is 0 Å². The Morgan fingerprint density at radius 2 is 2.14 bits per heavy atom. The van der Waals surface area contributed by atoms with Gasteiger partial charge in [0.2, 0.25) is 0 Å². The topological polar surface area (TPSA) is 32.8 Å². The molecule has 1 atom stereocenters. The molecule has 2 heterocycles. The molecule has 0 spiro atoms. The van der Waals surface area contributed by atoms with Crippen molar-refractivity contribution >= 4 is 17.3 Å². The van der Waals surface area contributed by atoms with Crippen LogP contribution in [0.5, 0.6) is 0 Å². The van der Waals surface area contributed by atoms with E-state index in [1.807, 2.05) is 21.7 Å². The minimum atomic E-state index is -4.19. The van der Waals surface area contributed by atoms with Gasteiger partial charge in [-0.05, 0) is 35.4 Å². The SMILES string of the molecule is COC(=O)[C@H](c1ccsc1)N1CCCN(CC(F)(F)F)CC1. The molecule has 0 radical (unpaired) electrons. The van der Waals surface area contributed by atoms with Crippen molar-refractivity contribution in [1.29, 1.82) is 0 Å². The summed E-state index contributed by atoms with van der Waals surface area (Å²) in [6, 6.07) is 1.31. The van der Waals surface area contributed by atoms with E-state index in [0.29, 0.717) is 26.1 Å². The zero-order valence-electron chi connectivity index (χ0n) is 12.3. The van der Waals surface area contributed by atoms with Crippen LogP contribution in [0.15, 0.2) is 16.8 Å². The molecule has 0 amide bonds.